The summed E-state index contributed by atoms with van der Waals surface area (Å²) in [6, 6.07) is 5.24. The van der Waals surface area contributed by atoms with Gasteiger partial charge in [-0.25, -0.2) is 9.67 Å². The van der Waals surface area contributed by atoms with Gasteiger partial charge in [0.2, 0.25) is 0 Å². The highest BCUT2D eigenvalue weighted by atomic mass is 16.5. The van der Waals surface area contributed by atoms with E-state index < -0.39 is 0 Å². The van der Waals surface area contributed by atoms with Crippen LogP contribution in [0.15, 0.2) is 18.2 Å². The third-order valence-corrected chi connectivity index (χ3v) is 5.44. The van der Waals surface area contributed by atoms with E-state index in [9.17, 15) is 4.79 Å². The fraction of sp³-hybridized carbons (Fsp3) is 0.571. The van der Waals surface area contributed by atoms with Crippen LogP contribution < -0.4 is 9.47 Å². The molecule has 2 aliphatic rings. The number of rotatable bonds is 6. The van der Waals surface area contributed by atoms with Crippen LogP contribution in [-0.2, 0) is 6.54 Å². The van der Waals surface area contributed by atoms with Crippen LogP contribution in [-0.4, -0.2) is 46.3 Å². The molecule has 0 saturated heterocycles. The maximum Gasteiger partial charge on any atom is 0.254 e. The molecule has 0 radical (unpaired) electrons. The molecule has 150 valence electrons. The highest BCUT2D eigenvalue weighted by Gasteiger charge is 2.37. The van der Waals surface area contributed by atoms with Crippen LogP contribution >= 0.6 is 0 Å². The Bertz CT molecular complexity index is 850. The summed E-state index contributed by atoms with van der Waals surface area (Å²) in [5.41, 5.74) is 0.570. The third-order valence-electron chi connectivity index (χ3n) is 5.44. The van der Waals surface area contributed by atoms with Crippen molar-refractivity contribution in [2.45, 2.75) is 51.6 Å². The summed E-state index contributed by atoms with van der Waals surface area (Å²) >= 11 is 0. The summed E-state index contributed by atoms with van der Waals surface area (Å²) in [5.74, 6) is 4.01. The maximum absolute atomic E-state index is 13.4. The number of amides is 1. The minimum Gasteiger partial charge on any atom is -0.497 e. The van der Waals surface area contributed by atoms with E-state index in [2.05, 4.69) is 13.8 Å². The van der Waals surface area contributed by atoms with Gasteiger partial charge in [0.25, 0.3) is 5.91 Å². The first kappa shape index (κ1) is 18.8. The van der Waals surface area contributed by atoms with Gasteiger partial charge in [0.1, 0.15) is 17.3 Å². The number of ether oxygens (including phenoxy) is 2. The lowest BCUT2D eigenvalue weighted by Gasteiger charge is -2.36. The predicted molar refractivity (Wildman–Crippen MR) is 105 cm³/mol. The lowest BCUT2D eigenvalue weighted by atomic mass is 9.99. The predicted octanol–water partition coefficient (Wildman–Crippen LogP) is 3.42. The lowest BCUT2D eigenvalue weighted by Crippen LogP contribution is -2.43. The van der Waals surface area contributed by atoms with E-state index >= 15 is 0 Å². The monoisotopic (exact) mass is 384 g/mol. The number of benzene rings is 1. The summed E-state index contributed by atoms with van der Waals surface area (Å²) in [5, 5.41) is 4.72. The Morgan fingerprint density at radius 3 is 2.39 bits per heavy atom. The highest BCUT2D eigenvalue weighted by molar-refractivity contribution is 5.95. The van der Waals surface area contributed by atoms with Gasteiger partial charge in [0, 0.05) is 24.1 Å². The van der Waals surface area contributed by atoms with E-state index in [1.807, 2.05) is 9.58 Å². The molecule has 2 heterocycles. The fourth-order valence-corrected chi connectivity index (χ4v) is 3.81. The second-order valence-electron chi connectivity index (χ2n) is 8.07. The van der Waals surface area contributed by atoms with Crippen LogP contribution in [0.1, 0.15) is 67.1 Å². The molecule has 1 amide bonds. The Morgan fingerprint density at radius 1 is 1.14 bits per heavy atom. The molecule has 0 N–H and O–H groups in total. The summed E-state index contributed by atoms with van der Waals surface area (Å²) < 4.78 is 12.7. The van der Waals surface area contributed by atoms with Crippen molar-refractivity contribution in [3.05, 3.63) is 35.4 Å². The number of carbonyl (C=O) groups is 1. The number of hydrogen-bond donors (Lipinski definition) is 0. The summed E-state index contributed by atoms with van der Waals surface area (Å²) in [6.07, 6.45) is 3.20. The average Bonchev–Trinajstić information content (AvgIpc) is 3.45. The number of nitrogens with zero attached hydrogens (tertiary/aromatic N) is 4. The van der Waals surface area contributed by atoms with Crippen molar-refractivity contribution in [3.8, 4) is 11.5 Å². The number of fused-ring (bicyclic) bond motifs is 1. The molecular weight excluding hydrogens is 356 g/mol. The van der Waals surface area contributed by atoms with Crippen LogP contribution in [0, 0.1) is 5.92 Å². The molecule has 1 aliphatic carbocycles. The molecule has 1 fully saturated rings. The molecule has 0 bridgehead atoms. The topological polar surface area (TPSA) is 69.5 Å². The number of methoxy groups -OCH3 is 2. The summed E-state index contributed by atoms with van der Waals surface area (Å²) in [6.45, 7) is 5.65. The van der Waals surface area contributed by atoms with E-state index in [0.717, 1.165) is 18.1 Å². The van der Waals surface area contributed by atoms with Crippen molar-refractivity contribution in [1.82, 2.24) is 19.7 Å². The molecule has 1 atom stereocenters. The van der Waals surface area contributed by atoms with E-state index in [4.69, 9.17) is 19.6 Å². The van der Waals surface area contributed by atoms with Gasteiger partial charge in [-0.1, -0.05) is 13.8 Å². The van der Waals surface area contributed by atoms with E-state index in [-0.39, 0.29) is 11.9 Å². The molecular formula is C21H28N4O3. The van der Waals surface area contributed by atoms with Crippen molar-refractivity contribution in [2.75, 3.05) is 20.8 Å². The van der Waals surface area contributed by atoms with E-state index in [1.54, 1.807) is 32.4 Å². The molecule has 1 aliphatic heterocycles. The first-order valence-corrected chi connectivity index (χ1v) is 9.98. The molecule has 1 saturated carbocycles. The number of carbonyl (C=O) groups excluding carboxylic acids is 1. The number of hydrogen-bond acceptors (Lipinski definition) is 5. The second kappa shape index (κ2) is 7.45. The van der Waals surface area contributed by atoms with Gasteiger partial charge >= 0.3 is 0 Å². The van der Waals surface area contributed by atoms with Gasteiger partial charge in [0.05, 0.1) is 26.8 Å². The highest BCUT2D eigenvalue weighted by Crippen LogP contribution is 2.40. The molecule has 0 spiro atoms. The first-order chi connectivity index (χ1) is 13.5. The Kier molecular flexibility index (Phi) is 5.00. The normalized spacial score (nSPS) is 18.9. The van der Waals surface area contributed by atoms with Gasteiger partial charge in [-0.3, -0.25) is 4.79 Å². The molecule has 2 aromatic rings. The van der Waals surface area contributed by atoms with Crippen molar-refractivity contribution < 1.29 is 14.3 Å². The first-order valence-electron chi connectivity index (χ1n) is 9.98. The third kappa shape index (κ3) is 3.57. The summed E-state index contributed by atoms with van der Waals surface area (Å²) in [4.78, 5) is 20.2. The minimum absolute atomic E-state index is 0.0231. The zero-order valence-electron chi connectivity index (χ0n) is 17.0. The minimum atomic E-state index is -0.0709. The Balaban J connectivity index is 1.68. The van der Waals surface area contributed by atoms with Crippen LogP contribution in [0.4, 0.5) is 0 Å². The lowest BCUT2D eigenvalue weighted by molar-refractivity contribution is 0.0578. The van der Waals surface area contributed by atoms with E-state index in [0.29, 0.717) is 42.0 Å². The molecule has 28 heavy (non-hydrogen) atoms. The van der Waals surface area contributed by atoms with Crippen LogP contribution in [0.3, 0.4) is 0 Å². The smallest absolute Gasteiger partial charge is 0.254 e. The number of aromatic nitrogens is 3. The summed E-state index contributed by atoms with van der Waals surface area (Å²) in [7, 11) is 3.18. The molecule has 1 aromatic carbocycles. The van der Waals surface area contributed by atoms with Crippen molar-refractivity contribution in [3.63, 3.8) is 0 Å². The van der Waals surface area contributed by atoms with Crippen LogP contribution in [0.25, 0.3) is 0 Å². The SMILES string of the molecule is COc1cc(OC)cc(C(=O)N2CCn3nc(C4CC4)nc3[C@@H]2CC(C)C)c1. The fourth-order valence-electron chi connectivity index (χ4n) is 3.81. The van der Waals surface area contributed by atoms with Gasteiger partial charge in [-0.05, 0) is 37.3 Å². The van der Waals surface area contributed by atoms with Gasteiger partial charge in [-0.15, -0.1) is 0 Å². The van der Waals surface area contributed by atoms with Crippen molar-refractivity contribution in [1.29, 1.82) is 0 Å². The molecule has 4 rings (SSSR count). The second-order valence-corrected chi connectivity index (χ2v) is 8.07. The standard InChI is InChI=1S/C21H28N4O3/c1-13(2)9-18-20-22-19(14-5-6-14)23-25(20)8-7-24(18)21(26)15-10-16(27-3)12-17(11-15)28-4/h10-14,18H,5-9H2,1-4H3/t18-/m0/s1. The van der Waals surface area contributed by atoms with Crippen LogP contribution in [0.2, 0.25) is 0 Å². The zero-order chi connectivity index (χ0) is 19.8. The maximum atomic E-state index is 13.4. The van der Waals surface area contributed by atoms with Gasteiger partial charge in [0.15, 0.2) is 5.82 Å². The van der Waals surface area contributed by atoms with Crippen molar-refractivity contribution in [2.24, 2.45) is 5.92 Å². The molecule has 7 heteroatoms. The largest absolute Gasteiger partial charge is 0.497 e. The van der Waals surface area contributed by atoms with Gasteiger partial charge < -0.3 is 14.4 Å². The Hall–Kier alpha value is -2.57. The van der Waals surface area contributed by atoms with Gasteiger partial charge in [-0.2, -0.15) is 5.10 Å². The molecule has 0 unspecified atom stereocenters. The molecule has 1 aromatic heterocycles. The van der Waals surface area contributed by atoms with Crippen molar-refractivity contribution >= 4 is 5.91 Å². The molecule has 7 nitrogen and oxygen atoms in total. The Morgan fingerprint density at radius 2 is 1.82 bits per heavy atom. The average molecular weight is 384 g/mol. The Labute approximate surface area is 165 Å². The zero-order valence-corrected chi connectivity index (χ0v) is 17.0. The quantitative estimate of drug-likeness (QED) is 0.763. The van der Waals surface area contributed by atoms with E-state index in [1.165, 1.54) is 12.8 Å². The van der Waals surface area contributed by atoms with Crippen LogP contribution in [0.5, 0.6) is 11.5 Å².